The van der Waals surface area contributed by atoms with Crippen LogP contribution >= 0.6 is 23.4 Å². The van der Waals surface area contributed by atoms with Crippen LogP contribution in [0.15, 0.2) is 16.5 Å². The first-order valence-electron chi connectivity index (χ1n) is 5.00. The molecule has 0 bridgehead atoms. The second kappa shape index (κ2) is 4.97. The number of nitrogens with zero attached hydrogens (tertiary/aromatic N) is 6. The molecule has 0 fully saturated rings. The van der Waals surface area contributed by atoms with E-state index in [-0.39, 0.29) is 5.92 Å². The molecule has 0 unspecified atom stereocenters. The van der Waals surface area contributed by atoms with Crippen molar-refractivity contribution in [1.29, 1.82) is 0 Å². The highest BCUT2D eigenvalue weighted by atomic mass is 35.5. The van der Waals surface area contributed by atoms with Gasteiger partial charge in [0, 0.05) is 12.6 Å². The molecule has 0 aliphatic heterocycles. The summed E-state index contributed by atoms with van der Waals surface area (Å²) < 4.78 is 1.59. The lowest BCUT2D eigenvalue weighted by atomic mass is 10.1. The summed E-state index contributed by atoms with van der Waals surface area (Å²) in [4.78, 5) is 8.23. The van der Waals surface area contributed by atoms with Crippen molar-refractivity contribution in [2.75, 3.05) is 0 Å². The van der Waals surface area contributed by atoms with E-state index in [9.17, 15) is 0 Å². The molecule has 0 spiro atoms. The van der Waals surface area contributed by atoms with E-state index in [1.165, 1.54) is 18.1 Å². The van der Waals surface area contributed by atoms with Gasteiger partial charge in [0.25, 0.3) is 0 Å². The minimum atomic E-state index is 0.243. The van der Waals surface area contributed by atoms with E-state index in [0.29, 0.717) is 10.3 Å². The van der Waals surface area contributed by atoms with Crippen LogP contribution in [0.1, 0.15) is 25.3 Å². The highest BCUT2D eigenvalue weighted by Crippen LogP contribution is 2.33. The Hall–Kier alpha value is -1.21. The van der Waals surface area contributed by atoms with Gasteiger partial charge in [-0.3, -0.25) is 0 Å². The van der Waals surface area contributed by atoms with Crippen LogP contribution in [0.2, 0.25) is 5.15 Å². The average molecular weight is 271 g/mol. The zero-order valence-corrected chi connectivity index (χ0v) is 11.2. The molecule has 2 aromatic rings. The second-order valence-corrected chi connectivity index (χ2v) is 5.04. The van der Waals surface area contributed by atoms with Crippen molar-refractivity contribution in [1.82, 2.24) is 30.2 Å². The minimum absolute atomic E-state index is 0.243. The Balaban J connectivity index is 2.39. The first-order valence-corrected chi connectivity index (χ1v) is 6.19. The summed E-state index contributed by atoms with van der Waals surface area (Å²) >= 11 is 7.46. The van der Waals surface area contributed by atoms with Crippen molar-refractivity contribution >= 4 is 23.4 Å². The van der Waals surface area contributed by atoms with Crippen LogP contribution in [0.5, 0.6) is 0 Å². The van der Waals surface area contributed by atoms with Crippen LogP contribution in [-0.2, 0) is 7.05 Å². The molecule has 2 heterocycles. The van der Waals surface area contributed by atoms with Gasteiger partial charge in [0.1, 0.15) is 16.5 Å². The predicted octanol–water partition coefficient (Wildman–Crippen LogP) is 1.93. The monoisotopic (exact) mass is 270 g/mol. The molecule has 0 aromatic carbocycles. The van der Waals surface area contributed by atoms with Gasteiger partial charge in [-0.05, 0) is 28.1 Å². The molecule has 0 radical (unpaired) electrons. The summed E-state index contributed by atoms with van der Waals surface area (Å²) in [5.41, 5.74) is 0.919. The van der Waals surface area contributed by atoms with Gasteiger partial charge < -0.3 is 0 Å². The number of aromatic nitrogens is 6. The lowest BCUT2D eigenvalue weighted by Gasteiger charge is -2.11. The molecule has 0 N–H and O–H groups in total. The maximum atomic E-state index is 6.08. The van der Waals surface area contributed by atoms with E-state index in [2.05, 4.69) is 25.5 Å². The van der Waals surface area contributed by atoms with Gasteiger partial charge in [-0.25, -0.2) is 14.6 Å². The fourth-order valence-corrected chi connectivity index (χ4v) is 2.69. The van der Waals surface area contributed by atoms with Gasteiger partial charge in [-0.1, -0.05) is 25.4 Å². The molecule has 2 aromatic heterocycles. The van der Waals surface area contributed by atoms with E-state index >= 15 is 0 Å². The molecule has 90 valence electrons. The molecular formula is C9H11ClN6S. The molecule has 0 atom stereocenters. The zero-order chi connectivity index (χ0) is 12.4. The fourth-order valence-electron chi connectivity index (χ4n) is 1.32. The Morgan fingerprint density at radius 1 is 1.35 bits per heavy atom. The van der Waals surface area contributed by atoms with Crippen molar-refractivity contribution in [2.24, 2.45) is 7.05 Å². The molecule has 0 amide bonds. The molecule has 0 aliphatic rings. The fraction of sp³-hybridized carbons (Fsp3) is 0.444. The molecule has 0 saturated heterocycles. The minimum Gasteiger partial charge on any atom is -0.229 e. The van der Waals surface area contributed by atoms with Crippen LogP contribution in [0.3, 0.4) is 0 Å². The Morgan fingerprint density at radius 2 is 2.12 bits per heavy atom. The highest BCUT2D eigenvalue weighted by Gasteiger charge is 2.16. The molecule has 6 nitrogen and oxygen atoms in total. The van der Waals surface area contributed by atoms with E-state index in [1.54, 1.807) is 11.7 Å². The first kappa shape index (κ1) is 12.3. The van der Waals surface area contributed by atoms with Gasteiger partial charge in [0.15, 0.2) is 0 Å². The van der Waals surface area contributed by atoms with Gasteiger partial charge in [0.2, 0.25) is 5.16 Å². The van der Waals surface area contributed by atoms with Gasteiger partial charge in [0.05, 0.1) is 0 Å². The summed E-state index contributed by atoms with van der Waals surface area (Å²) in [6, 6.07) is 0. The molecule has 2 rings (SSSR count). The Bertz CT molecular complexity index is 526. The standard InChI is InChI=1S/C9H11ClN6S/c1-5(2)6-7(10)11-4-12-8(6)17-9-13-14-15-16(9)3/h4-5H,1-3H3. The first-order chi connectivity index (χ1) is 8.09. The van der Waals surface area contributed by atoms with E-state index in [0.717, 1.165) is 10.6 Å². The van der Waals surface area contributed by atoms with Crippen molar-refractivity contribution in [3.63, 3.8) is 0 Å². The summed E-state index contributed by atoms with van der Waals surface area (Å²) in [5.74, 6) is 0.243. The Labute approximate surface area is 108 Å². The SMILES string of the molecule is CC(C)c1c(Cl)ncnc1Sc1nnnn1C. The third-order valence-corrected chi connectivity index (χ3v) is 3.49. The van der Waals surface area contributed by atoms with Crippen LogP contribution in [-0.4, -0.2) is 30.2 Å². The number of halogens is 1. The van der Waals surface area contributed by atoms with Crippen molar-refractivity contribution in [3.8, 4) is 0 Å². The molecule has 17 heavy (non-hydrogen) atoms. The quantitative estimate of drug-likeness (QED) is 0.794. The summed E-state index contributed by atoms with van der Waals surface area (Å²) in [5, 5.41) is 13.2. The third-order valence-electron chi connectivity index (χ3n) is 2.15. The molecule has 0 saturated carbocycles. The Morgan fingerprint density at radius 3 is 2.71 bits per heavy atom. The number of aryl methyl sites for hydroxylation is 1. The summed E-state index contributed by atoms with van der Waals surface area (Å²) in [6.07, 6.45) is 1.44. The third kappa shape index (κ3) is 2.55. The molecular weight excluding hydrogens is 260 g/mol. The topological polar surface area (TPSA) is 69.4 Å². The highest BCUT2D eigenvalue weighted by molar-refractivity contribution is 7.99. The number of hydrogen-bond acceptors (Lipinski definition) is 6. The largest absolute Gasteiger partial charge is 0.229 e. The van der Waals surface area contributed by atoms with Crippen molar-refractivity contribution in [3.05, 3.63) is 17.0 Å². The predicted molar refractivity (Wildman–Crippen MR) is 64.1 cm³/mol. The van der Waals surface area contributed by atoms with Crippen molar-refractivity contribution in [2.45, 2.75) is 29.9 Å². The maximum absolute atomic E-state index is 6.08. The normalized spacial score (nSPS) is 11.1. The smallest absolute Gasteiger partial charge is 0.215 e. The summed E-state index contributed by atoms with van der Waals surface area (Å²) in [6.45, 7) is 4.09. The molecule has 8 heteroatoms. The van der Waals surface area contributed by atoms with Crippen LogP contribution in [0, 0.1) is 0 Å². The van der Waals surface area contributed by atoms with Gasteiger partial charge >= 0.3 is 0 Å². The molecule has 0 aliphatic carbocycles. The van der Waals surface area contributed by atoms with Crippen LogP contribution in [0.25, 0.3) is 0 Å². The summed E-state index contributed by atoms with van der Waals surface area (Å²) in [7, 11) is 1.78. The van der Waals surface area contributed by atoms with E-state index in [1.807, 2.05) is 13.8 Å². The van der Waals surface area contributed by atoms with Gasteiger partial charge in [-0.2, -0.15) is 0 Å². The van der Waals surface area contributed by atoms with Crippen LogP contribution in [0.4, 0.5) is 0 Å². The lowest BCUT2D eigenvalue weighted by molar-refractivity contribution is 0.663. The Kier molecular flexibility index (Phi) is 3.58. The average Bonchev–Trinajstić information content (AvgIpc) is 2.64. The number of tetrazole rings is 1. The zero-order valence-electron chi connectivity index (χ0n) is 9.62. The van der Waals surface area contributed by atoms with Gasteiger partial charge in [-0.15, -0.1) is 5.10 Å². The maximum Gasteiger partial charge on any atom is 0.215 e. The number of rotatable bonds is 3. The number of hydrogen-bond donors (Lipinski definition) is 0. The van der Waals surface area contributed by atoms with E-state index in [4.69, 9.17) is 11.6 Å². The van der Waals surface area contributed by atoms with Crippen molar-refractivity contribution < 1.29 is 0 Å². The lowest BCUT2D eigenvalue weighted by Crippen LogP contribution is -1.99. The van der Waals surface area contributed by atoms with E-state index < -0.39 is 0 Å². The second-order valence-electron chi connectivity index (χ2n) is 3.73. The van der Waals surface area contributed by atoms with Crippen LogP contribution < -0.4 is 0 Å².